The maximum Gasteiger partial charge on any atom is 0.306 e. The number of hydrogen-bond acceptors (Lipinski definition) is 5. The quantitative estimate of drug-likeness (QED) is 0.680. The van der Waals surface area contributed by atoms with E-state index in [0.29, 0.717) is 13.0 Å². The van der Waals surface area contributed by atoms with Crippen LogP contribution >= 0.6 is 11.6 Å². The van der Waals surface area contributed by atoms with Gasteiger partial charge in [0.2, 0.25) is 5.91 Å². The Morgan fingerprint density at radius 3 is 2.93 bits per heavy atom. The second kappa shape index (κ2) is 9.13. The van der Waals surface area contributed by atoms with Gasteiger partial charge in [-0.3, -0.25) is 9.59 Å². The zero-order valence-electron chi connectivity index (χ0n) is 16.6. The molecule has 3 unspecified atom stereocenters. The van der Waals surface area contributed by atoms with E-state index in [-0.39, 0.29) is 40.2 Å². The lowest BCUT2D eigenvalue weighted by Crippen LogP contribution is -2.54. The van der Waals surface area contributed by atoms with Gasteiger partial charge in [0.05, 0.1) is 17.2 Å². The van der Waals surface area contributed by atoms with Crippen LogP contribution in [-0.2, 0) is 19.2 Å². The zero-order chi connectivity index (χ0) is 21.0. The van der Waals surface area contributed by atoms with Crippen molar-refractivity contribution in [2.45, 2.75) is 57.5 Å². The van der Waals surface area contributed by atoms with Crippen LogP contribution in [-0.4, -0.2) is 30.1 Å². The molecule has 158 valence electrons. The highest BCUT2D eigenvalue weighted by Crippen LogP contribution is 2.33. The number of carbonyl (C=O) groups is 2. The number of rotatable bonds is 6. The fraction of sp³-hybridized carbons (Fsp3) is 0.524. The highest BCUT2D eigenvalue weighted by molar-refractivity contribution is 6.32. The first-order valence-electron chi connectivity index (χ1n) is 9.90. The van der Waals surface area contributed by atoms with E-state index in [9.17, 15) is 14.0 Å². The van der Waals surface area contributed by atoms with E-state index in [1.807, 2.05) is 0 Å². The first-order chi connectivity index (χ1) is 13.8. The van der Waals surface area contributed by atoms with E-state index in [2.05, 4.69) is 10.8 Å². The molecule has 6 nitrogen and oxygen atoms in total. The van der Waals surface area contributed by atoms with E-state index in [4.69, 9.17) is 21.2 Å². The number of hydrogen-bond donors (Lipinski definition) is 2. The van der Waals surface area contributed by atoms with Gasteiger partial charge in [-0.1, -0.05) is 24.1 Å². The van der Waals surface area contributed by atoms with Gasteiger partial charge < -0.3 is 14.9 Å². The predicted octanol–water partition coefficient (Wildman–Crippen LogP) is 3.74. The standard InChI is InChI=1S/C21H26ClFN2O4/c1-3-28-18(26)11-13-6-4-7-14(10-13)24-20(27)21(2)12-17(29-25-21)19-15(22)8-5-9-16(19)23/h5,8-9,12-14,25H,3-4,6-7,10-11H2,1-2H3,(H,24,27). The van der Waals surface area contributed by atoms with E-state index in [1.54, 1.807) is 19.9 Å². The summed E-state index contributed by atoms with van der Waals surface area (Å²) in [5, 5.41) is 3.24. The molecule has 1 saturated carbocycles. The molecule has 1 aromatic rings. The van der Waals surface area contributed by atoms with Gasteiger partial charge >= 0.3 is 5.97 Å². The number of amides is 1. The number of esters is 1. The summed E-state index contributed by atoms with van der Waals surface area (Å²) in [5.41, 5.74) is 1.64. The van der Waals surface area contributed by atoms with Crippen LogP contribution in [0.5, 0.6) is 0 Å². The van der Waals surface area contributed by atoms with Gasteiger partial charge in [-0.2, -0.15) is 0 Å². The molecule has 0 radical (unpaired) electrons. The fourth-order valence-electron chi connectivity index (χ4n) is 3.85. The molecule has 0 saturated heterocycles. The number of carbonyl (C=O) groups excluding carboxylic acids is 2. The number of halogens is 2. The largest absolute Gasteiger partial charge is 0.466 e. The zero-order valence-corrected chi connectivity index (χ0v) is 17.4. The molecule has 0 spiro atoms. The van der Waals surface area contributed by atoms with Crippen LogP contribution in [0.3, 0.4) is 0 Å². The third-order valence-corrected chi connectivity index (χ3v) is 5.67. The van der Waals surface area contributed by atoms with E-state index in [0.717, 1.165) is 25.7 Å². The Balaban J connectivity index is 1.64. The molecule has 1 amide bonds. The summed E-state index contributed by atoms with van der Waals surface area (Å²) in [4.78, 5) is 30.0. The summed E-state index contributed by atoms with van der Waals surface area (Å²) < 4.78 is 19.2. The van der Waals surface area contributed by atoms with Gasteiger partial charge in [0.15, 0.2) is 11.3 Å². The Labute approximate surface area is 174 Å². The molecule has 1 fully saturated rings. The van der Waals surface area contributed by atoms with Crippen LogP contribution in [0.25, 0.3) is 5.76 Å². The second-order valence-corrected chi connectivity index (χ2v) is 8.13. The highest BCUT2D eigenvalue weighted by atomic mass is 35.5. The Hall–Kier alpha value is -2.12. The number of benzene rings is 1. The minimum atomic E-state index is -1.16. The van der Waals surface area contributed by atoms with Crippen LogP contribution in [0.1, 0.15) is 51.5 Å². The molecule has 8 heteroatoms. The highest BCUT2D eigenvalue weighted by Gasteiger charge is 2.40. The lowest BCUT2D eigenvalue weighted by Gasteiger charge is -2.31. The Morgan fingerprint density at radius 2 is 2.21 bits per heavy atom. The van der Waals surface area contributed by atoms with Gasteiger partial charge in [0.25, 0.3) is 0 Å². The molecule has 2 aliphatic rings. The van der Waals surface area contributed by atoms with Crippen molar-refractivity contribution in [2.24, 2.45) is 5.92 Å². The van der Waals surface area contributed by atoms with Crippen molar-refractivity contribution in [3.8, 4) is 0 Å². The van der Waals surface area contributed by atoms with Gasteiger partial charge in [0.1, 0.15) is 5.82 Å². The normalized spacial score (nSPS) is 26.4. The van der Waals surface area contributed by atoms with Gasteiger partial charge in [-0.15, -0.1) is 5.48 Å². The Bertz CT molecular complexity index is 796. The maximum absolute atomic E-state index is 14.2. The average molecular weight is 425 g/mol. The maximum atomic E-state index is 14.2. The monoisotopic (exact) mass is 424 g/mol. The molecule has 1 heterocycles. The van der Waals surface area contributed by atoms with Crippen molar-refractivity contribution in [1.82, 2.24) is 10.8 Å². The van der Waals surface area contributed by atoms with Crippen molar-refractivity contribution in [1.29, 1.82) is 0 Å². The molecule has 29 heavy (non-hydrogen) atoms. The Morgan fingerprint density at radius 1 is 1.41 bits per heavy atom. The average Bonchev–Trinajstić information content (AvgIpc) is 3.05. The first kappa shape index (κ1) is 21.6. The van der Waals surface area contributed by atoms with Crippen LogP contribution in [0, 0.1) is 11.7 Å². The molecule has 1 aromatic carbocycles. The number of ether oxygens (including phenoxy) is 1. The van der Waals surface area contributed by atoms with E-state index >= 15 is 0 Å². The molecular formula is C21H26ClFN2O4. The van der Waals surface area contributed by atoms with Crippen molar-refractivity contribution in [3.63, 3.8) is 0 Å². The minimum absolute atomic E-state index is 0.0381. The Kier molecular flexibility index (Phi) is 6.80. The summed E-state index contributed by atoms with van der Waals surface area (Å²) in [5.74, 6) is -0.630. The summed E-state index contributed by atoms with van der Waals surface area (Å²) >= 11 is 6.09. The van der Waals surface area contributed by atoms with Crippen molar-refractivity contribution < 1.29 is 23.6 Å². The van der Waals surface area contributed by atoms with Crippen LogP contribution in [0.15, 0.2) is 24.3 Å². The molecule has 1 aliphatic carbocycles. The van der Waals surface area contributed by atoms with E-state index in [1.165, 1.54) is 18.2 Å². The van der Waals surface area contributed by atoms with Crippen molar-refractivity contribution in [3.05, 3.63) is 40.7 Å². The SMILES string of the molecule is CCOC(=O)CC1CCCC(NC(=O)C2(C)C=C(c3c(F)cccc3Cl)ON2)C1. The molecule has 3 rings (SSSR count). The van der Waals surface area contributed by atoms with Crippen LogP contribution < -0.4 is 10.8 Å². The topological polar surface area (TPSA) is 76.7 Å². The summed E-state index contributed by atoms with van der Waals surface area (Å²) in [6, 6.07) is 4.31. The smallest absolute Gasteiger partial charge is 0.306 e. The molecule has 2 N–H and O–H groups in total. The van der Waals surface area contributed by atoms with Gasteiger partial charge in [-0.05, 0) is 57.2 Å². The molecular weight excluding hydrogens is 399 g/mol. The summed E-state index contributed by atoms with van der Waals surface area (Å²) in [7, 11) is 0. The lowest BCUT2D eigenvalue weighted by atomic mass is 9.83. The molecule has 0 aromatic heterocycles. The minimum Gasteiger partial charge on any atom is -0.466 e. The lowest BCUT2D eigenvalue weighted by molar-refractivity contribution is -0.144. The third-order valence-electron chi connectivity index (χ3n) is 5.35. The van der Waals surface area contributed by atoms with Crippen molar-refractivity contribution in [2.75, 3.05) is 6.61 Å². The molecule has 1 aliphatic heterocycles. The predicted molar refractivity (Wildman–Crippen MR) is 107 cm³/mol. The molecule has 0 bridgehead atoms. The second-order valence-electron chi connectivity index (χ2n) is 7.72. The van der Waals surface area contributed by atoms with Crippen LogP contribution in [0.4, 0.5) is 4.39 Å². The fourth-order valence-corrected chi connectivity index (χ4v) is 4.10. The molecule has 3 atom stereocenters. The number of hydroxylamine groups is 1. The van der Waals surface area contributed by atoms with E-state index < -0.39 is 11.4 Å². The number of nitrogens with one attached hydrogen (secondary N) is 2. The summed E-state index contributed by atoms with van der Waals surface area (Å²) in [6.07, 6.45) is 5.34. The van der Waals surface area contributed by atoms with Crippen molar-refractivity contribution >= 4 is 29.2 Å². The van der Waals surface area contributed by atoms with Gasteiger partial charge in [0, 0.05) is 12.5 Å². The van der Waals surface area contributed by atoms with Gasteiger partial charge in [-0.25, -0.2) is 4.39 Å². The third kappa shape index (κ3) is 5.08. The summed E-state index contributed by atoms with van der Waals surface area (Å²) in [6.45, 7) is 3.81. The van der Waals surface area contributed by atoms with Crippen LogP contribution in [0.2, 0.25) is 5.02 Å². The first-order valence-corrected chi connectivity index (χ1v) is 10.3.